The standard InChI is InChI=1S/C14H20O4/c1-4-5-6-7-10-8-11(14(15)16)9-12(17-2)13(10)18-3/h8-9H,4-7H2,1-3H3,(H,15,16). The van der Waals surface area contributed by atoms with Gasteiger partial charge in [-0.1, -0.05) is 19.8 Å². The van der Waals surface area contributed by atoms with Gasteiger partial charge < -0.3 is 14.6 Å². The van der Waals surface area contributed by atoms with E-state index >= 15 is 0 Å². The summed E-state index contributed by atoms with van der Waals surface area (Å²) in [5.41, 5.74) is 1.13. The summed E-state index contributed by atoms with van der Waals surface area (Å²) in [5, 5.41) is 9.07. The lowest BCUT2D eigenvalue weighted by Gasteiger charge is -2.13. The smallest absolute Gasteiger partial charge is 0.335 e. The van der Waals surface area contributed by atoms with E-state index in [2.05, 4.69) is 6.92 Å². The lowest BCUT2D eigenvalue weighted by atomic mass is 10.0. The predicted molar refractivity (Wildman–Crippen MR) is 69.7 cm³/mol. The van der Waals surface area contributed by atoms with E-state index in [0.717, 1.165) is 31.2 Å². The van der Waals surface area contributed by atoms with Crippen LogP contribution in [0.25, 0.3) is 0 Å². The number of hydrogen-bond donors (Lipinski definition) is 1. The zero-order chi connectivity index (χ0) is 13.5. The first-order valence-electron chi connectivity index (χ1n) is 6.12. The van der Waals surface area contributed by atoms with E-state index in [0.29, 0.717) is 11.5 Å². The van der Waals surface area contributed by atoms with Crippen molar-refractivity contribution < 1.29 is 19.4 Å². The normalized spacial score (nSPS) is 10.2. The second kappa shape index (κ2) is 6.89. The number of unbranched alkanes of at least 4 members (excludes halogenated alkanes) is 2. The van der Waals surface area contributed by atoms with Crippen LogP contribution in [0, 0.1) is 0 Å². The molecule has 0 aliphatic heterocycles. The Hall–Kier alpha value is -1.71. The van der Waals surface area contributed by atoms with Crippen molar-refractivity contribution in [3.8, 4) is 11.5 Å². The summed E-state index contributed by atoms with van der Waals surface area (Å²) >= 11 is 0. The van der Waals surface area contributed by atoms with E-state index in [1.807, 2.05) is 0 Å². The Balaban J connectivity index is 3.09. The molecule has 0 aliphatic rings. The van der Waals surface area contributed by atoms with Gasteiger partial charge in [0, 0.05) is 0 Å². The van der Waals surface area contributed by atoms with Gasteiger partial charge >= 0.3 is 5.97 Å². The van der Waals surface area contributed by atoms with Gasteiger partial charge in [-0.2, -0.15) is 0 Å². The van der Waals surface area contributed by atoms with Crippen LogP contribution in [0.5, 0.6) is 11.5 Å². The number of aromatic carboxylic acids is 1. The number of aryl methyl sites for hydroxylation is 1. The minimum absolute atomic E-state index is 0.235. The average Bonchev–Trinajstić information content (AvgIpc) is 2.37. The highest BCUT2D eigenvalue weighted by molar-refractivity contribution is 5.89. The van der Waals surface area contributed by atoms with Crippen molar-refractivity contribution in [2.45, 2.75) is 32.6 Å². The maximum Gasteiger partial charge on any atom is 0.335 e. The maximum atomic E-state index is 11.1. The molecule has 1 rings (SSSR count). The number of carboxylic acids is 1. The molecule has 0 aliphatic carbocycles. The average molecular weight is 252 g/mol. The van der Waals surface area contributed by atoms with Crippen LogP contribution in [-0.4, -0.2) is 25.3 Å². The lowest BCUT2D eigenvalue weighted by Crippen LogP contribution is -2.03. The van der Waals surface area contributed by atoms with Gasteiger partial charge in [0.05, 0.1) is 19.8 Å². The quantitative estimate of drug-likeness (QED) is 0.757. The molecule has 0 spiro atoms. The van der Waals surface area contributed by atoms with Crippen molar-refractivity contribution in [3.63, 3.8) is 0 Å². The number of benzene rings is 1. The Morgan fingerprint density at radius 2 is 1.94 bits per heavy atom. The molecule has 0 atom stereocenters. The summed E-state index contributed by atoms with van der Waals surface area (Å²) in [4.78, 5) is 11.1. The van der Waals surface area contributed by atoms with Crippen LogP contribution in [0.1, 0.15) is 42.1 Å². The highest BCUT2D eigenvalue weighted by Gasteiger charge is 2.15. The van der Waals surface area contributed by atoms with Gasteiger partial charge in [0.2, 0.25) is 0 Å². The zero-order valence-corrected chi connectivity index (χ0v) is 11.2. The van der Waals surface area contributed by atoms with E-state index in [9.17, 15) is 4.79 Å². The fourth-order valence-corrected chi connectivity index (χ4v) is 1.92. The van der Waals surface area contributed by atoms with E-state index in [1.54, 1.807) is 13.2 Å². The molecule has 1 N–H and O–H groups in total. The molecule has 18 heavy (non-hydrogen) atoms. The molecule has 0 saturated heterocycles. The highest BCUT2D eigenvalue weighted by atomic mass is 16.5. The summed E-state index contributed by atoms with van der Waals surface area (Å²) < 4.78 is 10.5. The second-order valence-electron chi connectivity index (χ2n) is 4.13. The fraction of sp³-hybridized carbons (Fsp3) is 0.500. The molecule has 0 amide bonds. The van der Waals surface area contributed by atoms with Gasteiger partial charge in [0.1, 0.15) is 0 Å². The van der Waals surface area contributed by atoms with E-state index in [4.69, 9.17) is 14.6 Å². The highest BCUT2D eigenvalue weighted by Crippen LogP contribution is 2.33. The van der Waals surface area contributed by atoms with Crippen molar-refractivity contribution >= 4 is 5.97 Å². The molecule has 4 nitrogen and oxygen atoms in total. The van der Waals surface area contributed by atoms with Gasteiger partial charge in [-0.25, -0.2) is 4.79 Å². The number of methoxy groups -OCH3 is 2. The van der Waals surface area contributed by atoms with Crippen LogP contribution in [0.3, 0.4) is 0 Å². The molecule has 0 radical (unpaired) electrons. The molecule has 1 aromatic carbocycles. The van der Waals surface area contributed by atoms with Gasteiger partial charge in [-0.05, 0) is 30.5 Å². The fourth-order valence-electron chi connectivity index (χ4n) is 1.92. The number of ether oxygens (including phenoxy) is 2. The van der Waals surface area contributed by atoms with Crippen molar-refractivity contribution in [2.75, 3.05) is 14.2 Å². The molecule has 4 heteroatoms. The van der Waals surface area contributed by atoms with Crippen LogP contribution in [-0.2, 0) is 6.42 Å². The largest absolute Gasteiger partial charge is 0.493 e. The molecule has 100 valence electrons. The van der Waals surface area contributed by atoms with Crippen LogP contribution in [0.15, 0.2) is 12.1 Å². The van der Waals surface area contributed by atoms with Crippen LogP contribution >= 0.6 is 0 Å². The van der Waals surface area contributed by atoms with E-state index < -0.39 is 5.97 Å². The third-order valence-corrected chi connectivity index (χ3v) is 2.85. The topological polar surface area (TPSA) is 55.8 Å². The van der Waals surface area contributed by atoms with Crippen molar-refractivity contribution in [2.24, 2.45) is 0 Å². The molecule has 0 fully saturated rings. The first-order valence-corrected chi connectivity index (χ1v) is 6.12. The predicted octanol–water partition coefficient (Wildman–Crippen LogP) is 3.13. The number of rotatable bonds is 7. The minimum Gasteiger partial charge on any atom is -0.493 e. The Kier molecular flexibility index (Phi) is 5.49. The van der Waals surface area contributed by atoms with Crippen molar-refractivity contribution in [1.29, 1.82) is 0 Å². The van der Waals surface area contributed by atoms with E-state index in [1.165, 1.54) is 13.2 Å². The molecule has 0 saturated carbocycles. The first-order chi connectivity index (χ1) is 8.63. The zero-order valence-electron chi connectivity index (χ0n) is 11.2. The number of carboxylic acid groups (broad SMARTS) is 1. The SMILES string of the molecule is CCCCCc1cc(C(=O)O)cc(OC)c1OC. The summed E-state index contributed by atoms with van der Waals surface area (Å²) in [7, 11) is 3.08. The van der Waals surface area contributed by atoms with Crippen LogP contribution in [0.4, 0.5) is 0 Å². The molecular formula is C14H20O4. The van der Waals surface area contributed by atoms with Crippen molar-refractivity contribution in [1.82, 2.24) is 0 Å². The third-order valence-electron chi connectivity index (χ3n) is 2.85. The molecule has 0 heterocycles. The molecular weight excluding hydrogens is 232 g/mol. The van der Waals surface area contributed by atoms with Gasteiger partial charge in [-0.15, -0.1) is 0 Å². The summed E-state index contributed by atoms with van der Waals surface area (Å²) in [6.45, 7) is 2.13. The monoisotopic (exact) mass is 252 g/mol. The Labute approximate surface area is 108 Å². The van der Waals surface area contributed by atoms with Gasteiger partial charge in [0.15, 0.2) is 11.5 Å². The minimum atomic E-state index is -0.951. The molecule has 1 aromatic rings. The van der Waals surface area contributed by atoms with Gasteiger partial charge in [-0.3, -0.25) is 0 Å². The van der Waals surface area contributed by atoms with Crippen LogP contribution < -0.4 is 9.47 Å². The Bertz CT molecular complexity index is 413. The van der Waals surface area contributed by atoms with Crippen LogP contribution in [0.2, 0.25) is 0 Å². The summed E-state index contributed by atoms with van der Waals surface area (Å²) in [6, 6.07) is 3.16. The number of hydrogen-bond acceptors (Lipinski definition) is 3. The molecule has 0 bridgehead atoms. The van der Waals surface area contributed by atoms with E-state index in [-0.39, 0.29) is 5.56 Å². The summed E-state index contributed by atoms with van der Waals surface area (Å²) in [6.07, 6.45) is 4.05. The first kappa shape index (κ1) is 14.4. The Morgan fingerprint density at radius 3 is 2.44 bits per heavy atom. The maximum absolute atomic E-state index is 11.1. The third kappa shape index (κ3) is 3.39. The summed E-state index contributed by atoms with van der Waals surface area (Å²) in [5.74, 6) is 0.162. The van der Waals surface area contributed by atoms with Crippen molar-refractivity contribution in [3.05, 3.63) is 23.3 Å². The van der Waals surface area contributed by atoms with Gasteiger partial charge in [0.25, 0.3) is 0 Å². The second-order valence-corrected chi connectivity index (χ2v) is 4.13. The number of carbonyl (C=O) groups is 1. The Morgan fingerprint density at radius 1 is 1.22 bits per heavy atom. The molecule has 0 unspecified atom stereocenters. The molecule has 0 aromatic heterocycles. The lowest BCUT2D eigenvalue weighted by molar-refractivity contribution is 0.0696.